The summed E-state index contributed by atoms with van der Waals surface area (Å²) in [4.78, 5) is 22.0. The van der Waals surface area contributed by atoms with Crippen LogP contribution < -0.4 is 0 Å². The fraction of sp³-hybridized carbons (Fsp3) is 0.333. The number of carboxylic acids is 1. The molecule has 0 saturated carbocycles. The van der Waals surface area contributed by atoms with E-state index in [9.17, 15) is 22.8 Å². The smallest absolute Gasteiger partial charge is 0.390 e. The van der Waals surface area contributed by atoms with Gasteiger partial charge in [0, 0.05) is 0 Å². The molecule has 7 heteroatoms. The summed E-state index contributed by atoms with van der Waals surface area (Å²) in [7, 11) is 0. The molecule has 0 radical (unpaired) electrons. The Labute approximate surface area is 106 Å². The van der Waals surface area contributed by atoms with Gasteiger partial charge < -0.3 is 9.84 Å². The number of hydrogen-bond acceptors (Lipinski definition) is 3. The average Bonchev–Trinajstić information content (AvgIpc) is 2.33. The highest BCUT2D eigenvalue weighted by molar-refractivity contribution is 5.93. The third-order valence-corrected chi connectivity index (χ3v) is 2.24. The highest BCUT2D eigenvalue weighted by atomic mass is 19.4. The summed E-state index contributed by atoms with van der Waals surface area (Å²) < 4.78 is 40.9. The summed E-state index contributed by atoms with van der Waals surface area (Å²) in [5, 5.41) is 8.60. The van der Waals surface area contributed by atoms with Gasteiger partial charge in [0.1, 0.15) is 6.61 Å². The third-order valence-electron chi connectivity index (χ3n) is 2.24. The maximum atomic E-state index is 12.1. The first-order valence-corrected chi connectivity index (χ1v) is 5.29. The molecule has 1 rings (SSSR count). The molecule has 1 aromatic carbocycles. The summed E-state index contributed by atoms with van der Waals surface area (Å²) in [6.07, 6.45) is -6.48. The number of alkyl halides is 3. The molecule has 0 fully saturated rings. The molecule has 104 valence electrons. The Kier molecular flexibility index (Phi) is 4.91. The first-order chi connectivity index (χ1) is 8.79. The standard InChI is InChI=1S/C12H11F3O4/c13-12(14,15)6-9(10(16)17)11(18)19-7-8-4-2-1-3-5-8/h1-5,9H,6-7H2,(H,16,17). The summed E-state index contributed by atoms with van der Waals surface area (Å²) in [5.74, 6) is -5.48. The molecule has 0 aliphatic heterocycles. The maximum absolute atomic E-state index is 12.1. The molecule has 0 amide bonds. The number of carbonyl (C=O) groups excluding carboxylic acids is 1. The molecule has 0 aromatic heterocycles. The van der Waals surface area contributed by atoms with Gasteiger partial charge in [0.25, 0.3) is 0 Å². The largest absolute Gasteiger partial charge is 0.481 e. The van der Waals surface area contributed by atoms with E-state index in [4.69, 9.17) is 5.11 Å². The van der Waals surface area contributed by atoms with E-state index in [-0.39, 0.29) is 6.61 Å². The number of aliphatic carboxylic acids is 1. The van der Waals surface area contributed by atoms with E-state index in [2.05, 4.69) is 4.74 Å². The van der Waals surface area contributed by atoms with Gasteiger partial charge in [-0.05, 0) is 5.56 Å². The van der Waals surface area contributed by atoms with E-state index < -0.39 is 30.5 Å². The lowest BCUT2D eigenvalue weighted by molar-refractivity contribution is -0.178. The van der Waals surface area contributed by atoms with E-state index in [0.717, 1.165) is 0 Å². The van der Waals surface area contributed by atoms with Crippen LogP contribution >= 0.6 is 0 Å². The van der Waals surface area contributed by atoms with Gasteiger partial charge in [0.15, 0.2) is 5.92 Å². The van der Waals surface area contributed by atoms with Crippen molar-refractivity contribution in [1.29, 1.82) is 0 Å². The van der Waals surface area contributed by atoms with Crippen LogP contribution in [0.5, 0.6) is 0 Å². The highest BCUT2D eigenvalue weighted by Crippen LogP contribution is 2.26. The van der Waals surface area contributed by atoms with E-state index in [0.29, 0.717) is 5.56 Å². The van der Waals surface area contributed by atoms with Crippen molar-refractivity contribution in [3.8, 4) is 0 Å². The summed E-state index contributed by atoms with van der Waals surface area (Å²) >= 11 is 0. The lowest BCUT2D eigenvalue weighted by Crippen LogP contribution is -2.30. The van der Waals surface area contributed by atoms with Crippen molar-refractivity contribution in [2.24, 2.45) is 5.92 Å². The summed E-state index contributed by atoms with van der Waals surface area (Å²) in [5.41, 5.74) is 0.562. The second-order valence-electron chi connectivity index (χ2n) is 3.80. The Morgan fingerprint density at radius 3 is 2.26 bits per heavy atom. The quantitative estimate of drug-likeness (QED) is 0.662. The fourth-order valence-corrected chi connectivity index (χ4v) is 1.33. The average molecular weight is 276 g/mol. The number of ether oxygens (including phenoxy) is 1. The second-order valence-corrected chi connectivity index (χ2v) is 3.80. The van der Waals surface area contributed by atoms with E-state index in [1.807, 2.05) is 0 Å². The van der Waals surface area contributed by atoms with Crippen LogP contribution in [0, 0.1) is 5.92 Å². The number of carboxylic acid groups (broad SMARTS) is 1. The number of halogens is 3. The fourth-order valence-electron chi connectivity index (χ4n) is 1.33. The third kappa shape index (κ3) is 5.41. The Bertz CT molecular complexity index is 442. The Hall–Kier alpha value is -2.05. The zero-order valence-electron chi connectivity index (χ0n) is 9.68. The van der Waals surface area contributed by atoms with Gasteiger partial charge >= 0.3 is 18.1 Å². The molecular weight excluding hydrogens is 265 g/mol. The van der Waals surface area contributed by atoms with Gasteiger partial charge in [-0.1, -0.05) is 30.3 Å². The van der Waals surface area contributed by atoms with Gasteiger partial charge in [-0.2, -0.15) is 13.2 Å². The monoisotopic (exact) mass is 276 g/mol. The molecule has 0 bridgehead atoms. The summed E-state index contributed by atoms with van der Waals surface area (Å²) in [6, 6.07) is 8.25. The van der Waals surface area contributed by atoms with Gasteiger partial charge in [0.05, 0.1) is 6.42 Å². The van der Waals surface area contributed by atoms with Crippen molar-refractivity contribution < 1.29 is 32.6 Å². The van der Waals surface area contributed by atoms with Crippen LogP contribution in [0.3, 0.4) is 0 Å². The van der Waals surface area contributed by atoms with Crippen LogP contribution in [0.2, 0.25) is 0 Å². The first kappa shape index (κ1) is 15.0. The molecule has 0 saturated heterocycles. The van der Waals surface area contributed by atoms with Crippen LogP contribution in [0.4, 0.5) is 13.2 Å². The second kappa shape index (κ2) is 6.21. The molecular formula is C12H11F3O4. The van der Waals surface area contributed by atoms with Gasteiger partial charge in [0.2, 0.25) is 0 Å². The molecule has 0 aliphatic carbocycles. The van der Waals surface area contributed by atoms with Crippen molar-refractivity contribution in [3.05, 3.63) is 35.9 Å². The number of carbonyl (C=O) groups is 2. The van der Waals surface area contributed by atoms with Crippen molar-refractivity contribution in [3.63, 3.8) is 0 Å². The van der Waals surface area contributed by atoms with Crippen LogP contribution in [0.15, 0.2) is 30.3 Å². The lowest BCUT2D eigenvalue weighted by atomic mass is 10.1. The topological polar surface area (TPSA) is 63.6 Å². The lowest BCUT2D eigenvalue weighted by Gasteiger charge is -2.14. The zero-order chi connectivity index (χ0) is 14.5. The molecule has 1 aromatic rings. The van der Waals surface area contributed by atoms with Crippen molar-refractivity contribution >= 4 is 11.9 Å². The Morgan fingerprint density at radius 1 is 1.21 bits per heavy atom. The minimum Gasteiger partial charge on any atom is -0.481 e. The van der Waals surface area contributed by atoms with Crippen LogP contribution in [0.25, 0.3) is 0 Å². The van der Waals surface area contributed by atoms with Gasteiger partial charge in [-0.15, -0.1) is 0 Å². The molecule has 0 spiro atoms. The number of esters is 1. The minimum atomic E-state index is -4.74. The molecule has 1 atom stereocenters. The highest BCUT2D eigenvalue weighted by Gasteiger charge is 2.40. The van der Waals surface area contributed by atoms with Crippen molar-refractivity contribution in [2.45, 2.75) is 19.2 Å². The van der Waals surface area contributed by atoms with Crippen molar-refractivity contribution in [2.75, 3.05) is 0 Å². The first-order valence-electron chi connectivity index (χ1n) is 5.29. The number of benzene rings is 1. The van der Waals surface area contributed by atoms with Gasteiger partial charge in [-0.3, -0.25) is 9.59 Å². The normalized spacial score (nSPS) is 12.8. The molecule has 4 nitrogen and oxygen atoms in total. The van der Waals surface area contributed by atoms with Crippen LogP contribution in [-0.2, 0) is 20.9 Å². The Balaban J connectivity index is 2.61. The molecule has 0 aliphatic rings. The number of hydrogen-bond donors (Lipinski definition) is 1. The minimum absolute atomic E-state index is 0.263. The van der Waals surface area contributed by atoms with Crippen LogP contribution in [0.1, 0.15) is 12.0 Å². The number of rotatable bonds is 5. The molecule has 1 unspecified atom stereocenters. The molecule has 19 heavy (non-hydrogen) atoms. The molecule has 1 N–H and O–H groups in total. The van der Waals surface area contributed by atoms with Crippen molar-refractivity contribution in [1.82, 2.24) is 0 Å². The van der Waals surface area contributed by atoms with Gasteiger partial charge in [-0.25, -0.2) is 0 Å². The zero-order valence-corrected chi connectivity index (χ0v) is 9.68. The summed E-state index contributed by atoms with van der Waals surface area (Å²) in [6.45, 7) is -0.263. The van der Waals surface area contributed by atoms with E-state index >= 15 is 0 Å². The predicted octanol–water partition coefficient (Wildman–Crippen LogP) is 2.38. The van der Waals surface area contributed by atoms with Crippen LogP contribution in [-0.4, -0.2) is 23.2 Å². The molecule has 0 heterocycles. The predicted molar refractivity (Wildman–Crippen MR) is 58.0 cm³/mol. The Morgan fingerprint density at radius 2 is 1.79 bits per heavy atom. The van der Waals surface area contributed by atoms with E-state index in [1.165, 1.54) is 0 Å². The SMILES string of the molecule is O=C(O)C(CC(F)(F)F)C(=O)OCc1ccccc1. The maximum Gasteiger partial charge on any atom is 0.390 e. The van der Waals surface area contributed by atoms with E-state index in [1.54, 1.807) is 30.3 Å².